The summed E-state index contributed by atoms with van der Waals surface area (Å²) in [5, 5.41) is 15.8. The van der Waals surface area contributed by atoms with Gasteiger partial charge >= 0.3 is 0 Å². The van der Waals surface area contributed by atoms with E-state index in [4.69, 9.17) is 13.9 Å². The van der Waals surface area contributed by atoms with Gasteiger partial charge in [0.15, 0.2) is 18.4 Å². The molecule has 1 aliphatic heterocycles. The molecule has 0 aliphatic carbocycles. The lowest BCUT2D eigenvalue weighted by Crippen LogP contribution is -2.30. The Morgan fingerprint density at radius 1 is 1.07 bits per heavy atom. The fourth-order valence-corrected chi connectivity index (χ4v) is 4.75. The second kappa shape index (κ2) is 13.1. The minimum absolute atomic E-state index is 0.0289. The molecule has 0 unspecified atom stereocenters. The van der Waals surface area contributed by atoms with Gasteiger partial charge in [-0.1, -0.05) is 12.1 Å². The van der Waals surface area contributed by atoms with Crippen LogP contribution in [0.4, 0.5) is 15.9 Å². The highest BCUT2D eigenvalue weighted by molar-refractivity contribution is 6.03. The summed E-state index contributed by atoms with van der Waals surface area (Å²) in [6, 6.07) is 17.8. The smallest absolute Gasteiger partial charge is 0.292 e. The Labute approximate surface area is 241 Å². The molecule has 5 rings (SSSR count). The lowest BCUT2D eigenvalue weighted by atomic mass is 9.97. The van der Waals surface area contributed by atoms with Crippen molar-refractivity contribution in [1.82, 2.24) is 9.88 Å². The summed E-state index contributed by atoms with van der Waals surface area (Å²) in [5.74, 6) is -1.11. The molecule has 0 bridgehead atoms. The molecule has 0 spiro atoms. The van der Waals surface area contributed by atoms with Crippen LogP contribution in [0.1, 0.15) is 29.0 Å². The summed E-state index contributed by atoms with van der Waals surface area (Å²) in [6.07, 6.45) is 3.52. The minimum Gasteiger partial charge on any atom is -0.467 e. The highest BCUT2D eigenvalue weighted by atomic mass is 19.1. The Morgan fingerprint density at radius 2 is 1.90 bits per heavy atom. The van der Waals surface area contributed by atoms with Gasteiger partial charge in [0.1, 0.15) is 23.2 Å². The molecule has 2 N–H and O–H groups in total. The molecule has 1 saturated heterocycles. The van der Waals surface area contributed by atoms with Gasteiger partial charge in [-0.3, -0.25) is 14.5 Å². The Bertz CT molecular complexity index is 1630. The number of likely N-dealkylation sites (tertiary alicyclic amines) is 1. The van der Waals surface area contributed by atoms with Crippen molar-refractivity contribution in [3.63, 3.8) is 0 Å². The highest BCUT2D eigenvalue weighted by Crippen LogP contribution is 2.37. The average molecular weight is 570 g/mol. The third kappa shape index (κ3) is 6.63. The molecule has 42 heavy (non-hydrogen) atoms. The summed E-state index contributed by atoms with van der Waals surface area (Å²) >= 11 is 0. The van der Waals surface area contributed by atoms with Gasteiger partial charge in [-0.25, -0.2) is 9.37 Å². The Hall–Kier alpha value is -5.05. The monoisotopic (exact) mass is 569 g/mol. The number of anilines is 2. The number of pyridine rings is 1. The van der Waals surface area contributed by atoms with Crippen LogP contribution >= 0.6 is 0 Å². The normalized spacial score (nSPS) is 13.0. The van der Waals surface area contributed by atoms with E-state index in [2.05, 4.69) is 26.6 Å². The number of ether oxygens (including phenoxy) is 2. The lowest BCUT2D eigenvalue weighted by Gasteiger charge is -2.17. The summed E-state index contributed by atoms with van der Waals surface area (Å²) in [6.45, 7) is 1.95. The summed E-state index contributed by atoms with van der Waals surface area (Å²) < 4.78 is 30.0. The zero-order chi connectivity index (χ0) is 29.5. The fraction of sp³-hybridized carbons (Fsp3) is 0.226. The molecular formula is C31H28FN5O5. The van der Waals surface area contributed by atoms with Crippen LogP contribution < -0.4 is 15.4 Å². The van der Waals surface area contributed by atoms with Crippen LogP contribution in [0.5, 0.6) is 5.75 Å². The fourth-order valence-electron chi connectivity index (χ4n) is 4.75. The zero-order valence-corrected chi connectivity index (χ0v) is 22.9. The van der Waals surface area contributed by atoms with Crippen LogP contribution in [0.3, 0.4) is 0 Å². The van der Waals surface area contributed by atoms with Crippen LogP contribution in [-0.2, 0) is 9.53 Å². The first-order valence-electron chi connectivity index (χ1n) is 13.3. The number of nitriles is 1. The maximum atomic E-state index is 14.1. The highest BCUT2D eigenvalue weighted by Gasteiger charge is 2.21. The van der Waals surface area contributed by atoms with Gasteiger partial charge in [-0.05, 0) is 74.0 Å². The first kappa shape index (κ1) is 28.5. The molecule has 10 nitrogen and oxygen atoms in total. The van der Waals surface area contributed by atoms with Gasteiger partial charge in [0, 0.05) is 30.0 Å². The van der Waals surface area contributed by atoms with Crippen molar-refractivity contribution >= 4 is 23.3 Å². The first-order valence-corrected chi connectivity index (χ1v) is 13.3. The molecule has 2 aromatic heterocycles. The molecule has 0 radical (unpaired) electrons. The molecule has 214 valence electrons. The minimum atomic E-state index is -0.606. The first-order chi connectivity index (χ1) is 20.4. The maximum Gasteiger partial charge on any atom is 0.292 e. The van der Waals surface area contributed by atoms with Gasteiger partial charge in [0.25, 0.3) is 5.91 Å². The number of hydrogen-bond acceptors (Lipinski definition) is 8. The molecule has 1 aliphatic rings. The number of furan rings is 1. The van der Waals surface area contributed by atoms with Crippen molar-refractivity contribution in [3.8, 4) is 34.2 Å². The van der Waals surface area contributed by atoms with E-state index in [1.807, 2.05) is 0 Å². The van der Waals surface area contributed by atoms with E-state index in [1.165, 1.54) is 37.6 Å². The van der Waals surface area contributed by atoms with E-state index in [0.29, 0.717) is 34.6 Å². The number of methoxy groups -OCH3 is 1. The number of benzene rings is 2. The zero-order valence-electron chi connectivity index (χ0n) is 22.9. The van der Waals surface area contributed by atoms with Gasteiger partial charge < -0.3 is 24.5 Å². The summed E-state index contributed by atoms with van der Waals surface area (Å²) in [7, 11) is 1.44. The third-order valence-electron chi connectivity index (χ3n) is 6.68. The number of rotatable bonds is 10. The Kier molecular flexibility index (Phi) is 8.87. The number of nitrogens with zero attached hydrogens (tertiary/aromatic N) is 3. The van der Waals surface area contributed by atoms with Gasteiger partial charge in [0.2, 0.25) is 5.91 Å². The summed E-state index contributed by atoms with van der Waals surface area (Å²) in [5.41, 5.74) is 2.35. The second-order valence-corrected chi connectivity index (χ2v) is 9.63. The predicted molar refractivity (Wildman–Crippen MR) is 153 cm³/mol. The molecule has 0 atom stereocenters. The number of carbonyl (C=O) groups excluding carboxylic acids is 2. The van der Waals surface area contributed by atoms with Crippen LogP contribution in [0.15, 0.2) is 71.3 Å². The molecule has 4 aromatic rings. The van der Waals surface area contributed by atoms with Crippen molar-refractivity contribution in [1.29, 1.82) is 5.26 Å². The van der Waals surface area contributed by atoms with Crippen LogP contribution in [0, 0.1) is 17.1 Å². The standard InChI is InChI=1S/C31H28FN5O5/c1-40-19-42-28-15-21(32)9-10-23(28)26-16-24(25(17-33)30(35-26)36-31(39)27-8-5-13-41-27)20-6-4-7-22(14-20)34-29(38)18-37-11-2-3-12-37/h4-10,13-16H,2-3,11-12,18-19H2,1H3,(H,34,38)(H,35,36,39). The SMILES string of the molecule is COCOc1cc(F)ccc1-c1cc(-c2cccc(NC(=O)CN3CCCC3)c2)c(C#N)c(NC(=O)c2ccco2)n1. The van der Waals surface area contributed by atoms with Crippen LogP contribution in [0.25, 0.3) is 22.4 Å². The molecule has 3 heterocycles. The van der Waals surface area contributed by atoms with Crippen molar-refractivity contribution in [2.24, 2.45) is 0 Å². The molecule has 1 fully saturated rings. The Balaban J connectivity index is 1.57. The second-order valence-electron chi connectivity index (χ2n) is 9.63. The number of carbonyl (C=O) groups is 2. The molecule has 11 heteroatoms. The van der Waals surface area contributed by atoms with Crippen LogP contribution in [-0.4, -0.2) is 55.2 Å². The van der Waals surface area contributed by atoms with Crippen molar-refractivity contribution in [3.05, 3.63) is 84.1 Å². The summed E-state index contributed by atoms with van der Waals surface area (Å²) in [4.78, 5) is 32.3. The van der Waals surface area contributed by atoms with Crippen molar-refractivity contribution in [2.45, 2.75) is 12.8 Å². The van der Waals surface area contributed by atoms with E-state index in [-0.39, 0.29) is 35.6 Å². The topological polar surface area (TPSA) is 130 Å². The van der Waals surface area contributed by atoms with Crippen LogP contribution in [0.2, 0.25) is 0 Å². The lowest BCUT2D eigenvalue weighted by molar-refractivity contribution is -0.117. The number of aromatic nitrogens is 1. The molecule has 2 amide bonds. The number of amides is 2. The van der Waals surface area contributed by atoms with E-state index >= 15 is 0 Å². The largest absolute Gasteiger partial charge is 0.467 e. The average Bonchev–Trinajstić information content (AvgIpc) is 3.71. The molecular weight excluding hydrogens is 541 g/mol. The van der Waals surface area contributed by atoms with Gasteiger partial charge in [0.05, 0.1) is 18.5 Å². The molecule has 2 aromatic carbocycles. The third-order valence-corrected chi connectivity index (χ3v) is 6.68. The Morgan fingerprint density at radius 3 is 2.64 bits per heavy atom. The van der Waals surface area contributed by atoms with Crippen molar-refractivity contribution < 1.29 is 27.9 Å². The van der Waals surface area contributed by atoms with Gasteiger partial charge in [-0.2, -0.15) is 5.26 Å². The van der Waals surface area contributed by atoms with Crippen molar-refractivity contribution in [2.75, 3.05) is 44.2 Å². The predicted octanol–water partition coefficient (Wildman–Crippen LogP) is 5.29. The van der Waals surface area contributed by atoms with E-state index in [9.17, 15) is 19.2 Å². The number of nitrogens with one attached hydrogen (secondary N) is 2. The van der Waals surface area contributed by atoms with E-state index in [0.717, 1.165) is 25.9 Å². The number of hydrogen-bond donors (Lipinski definition) is 2. The quantitative estimate of drug-likeness (QED) is 0.247. The van der Waals surface area contributed by atoms with E-state index < -0.39 is 11.7 Å². The maximum absolute atomic E-state index is 14.1. The van der Waals surface area contributed by atoms with Gasteiger partial charge in [-0.15, -0.1) is 0 Å². The van der Waals surface area contributed by atoms with E-state index in [1.54, 1.807) is 36.4 Å². The molecule has 0 saturated carbocycles. The number of halogens is 1.